The number of hydrogen-bond acceptors (Lipinski definition) is 3. The summed E-state index contributed by atoms with van der Waals surface area (Å²) in [6.07, 6.45) is 2.05. The van der Waals surface area contributed by atoms with Crippen LogP contribution in [0.25, 0.3) is 10.8 Å². The molecule has 0 radical (unpaired) electrons. The van der Waals surface area contributed by atoms with Gasteiger partial charge in [0, 0.05) is 44.1 Å². The van der Waals surface area contributed by atoms with E-state index >= 15 is 0 Å². The van der Waals surface area contributed by atoms with Crippen molar-refractivity contribution in [3.8, 4) is 0 Å². The zero-order chi connectivity index (χ0) is 18.6. The van der Waals surface area contributed by atoms with Crippen LogP contribution in [0.15, 0.2) is 60.8 Å². The molecule has 0 spiro atoms. The van der Waals surface area contributed by atoms with E-state index < -0.39 is 0 Å². The van der Waals surface area contributed by atoms with Crippen molar-refractivity contribution in [2.75, 3.05) is 32.8 Å². The molecule has 1 fully saturated rings. The largest absolute Gasteiger partial charge is 0.379 e. The molecule has 140 valence electrons. The normalized spacial score (nSPS) is 16.3. The van der Waals surface area contributed by atoms with Gasteiger partial charge in [-0.05, 0) is 35.0 Å². The minimum Gasteiger partial charge on any atom is -0.379 e. The predicted molar refractivity (Wildman–Crippen MR) is 107 cm³/mol. The summed E-state index contributed by atoms with van der Waals surface area (Å²) >= 11 is 0. The van der Waals surface area contributed by atoms with Gasteiger partial charge in [0.2, 0.25) is 0 Å². The fourth-order valence-electron chi connectivity index (χ4n) is 3.75. The topological polar surface area (TPSA) is 46.5 Å². The van der Waals surface area contributed by atoms with Crippen LogP contribution < -0.4 is 5.32 Å². The molecule has 1 N–H and O–H groups in total. The molecule has 0 saturated carbocycles. The number of benzene rings is 2. The third-order valence-corrected chi connectivity index (χ3v) is 5.28. The molecule has 4 rings (SSSR count). The average Bonchev–Trinajstić information content (AvgIpc) is 3.14. The van der Waals surface area contributed by atoms with E-state index in [1.54, 1.807) is 0 Å². The summed E-state index contributed by atoms with van der Waals surface area (Å²) in [4.78, 5) is 15.2. The Balaban J connectivity index is 1.50. The number of nitrogens with zero attached hydrogens (tertiary/aromatic N) is 2. The Labute approximate surface area is 159 Å². The van der Waals surface area contributed by atoms with E-state index in [-0.39, 0.29) is 11.9 Å². The number of amides is 1. The van der Waals surface area contributed by atoms with Crippen molar-refractivity contribution in [3.63, 3.8) is 0 Å². The van der Waals surface area contributed by atoms with Gasteiger partial charge in [-0.3, -0.25) is 9.69 Å². The molecule has 1 saturated heterocycles. The van der Waals surface area contributed by atoms with Crippen LogP contribution in [0, 0.1) is 0 Å². The lowest BCUT2D eigenvalue weighted by Gasteiger charge is -2.35. The molecule has 1 amide bonds. The molecule has 0 aliphatic carbocycles. The lowest BCUT2D eigenvalue weighted by molar-refractivity contribution is 0.0148. The smallest absolute Gasteiger partial charge is 0.251 e. The lowest BCUT2D eigenvalue weighted by atomic mass is 10.1. The van der Waals surface area contributed by atoms with E-state index in [1.807, 2.05) is 55.7 Å². The quantitative estimate of drug-likeness (QED) is 0.758. The predicted octanol–water partition coefficient (Wildman–Crippen LogP) is 2.98. The molecule has 27 heavy (non-hydrogen) atoms. The van der Waals surface area contributed by atoms with Gasteiger partial charge >= 0.3 is 0 Å². The van der Waals surface area contributed by atoms with Crippen LogP contribution in [0.3, 0.4) is 0 Å². The van der Waals surface area contributed by atoms with Crippen molar-refractivity contribution < 1.29 is 9.53 Å². The highest BCUT2D eigenvalue weighted by atomic mass is 16.5. The van der Waals surface area contributed by atoms with E-state index in [9.17, 15) is 4.79 Å². The second kappa shape index (κ2) is 7.94. The first-order valence-electron chi connectivity index (χ1n) is 9.42. The van der Waals surface area contributed by atoms with Gasteiger partial charge in [-0.25, -0.2) is 0 Å². The van der Waals surface area contributed by atoms with E-state index in [4.69, 9.17) is 4.74 Å². The number of nitrogens with one attached hydrogen (secondary N) is 1. The summed E-state index contributed by atoms with van der Waals surface area (Å²) in [7, 11) is 2.05. The van der Waals surface area contributed by atoms with E-state index in [0.29, 0.717) is 12.1 Å². The maximum absolute atomic E-state index is 12.8. The molecule has 1 atom stereocenters. The molecule has 5 heteroatoms. The number of aryl methyl sites for hydroxylation is 1. The van der Waals surface area contributed by atoms with Gasteiger partial charge in [0.15, 0.2) is 0 Å². The lowest BCUT2D eigenvalue weighted by Crippen LogP contribution is -2.44. The number of carbonyl (C=O) groups is 1. The second-order valence-corrected chi connectivity index (χ2v) is 6.98. The van der Waals surface area contributed by atoms with Crippen molar-refractivity contribution >= 4 is 16.7 Å². The van der Waals surface area contributed by atoms with Crippen molar-refractivity contribution in [3.05, 3.63) is 72.1 Å². The van der Waals surface area contributed by atoms with Gasteiger partial charge in [0.05, 0.1) is 19.3 Å². The average molecular weight is 363 g/mol. The first-order valence-corrected chi connectivity index (χ1v) is 9.42. The SMILES string of the molecule is Cn1cccc1C(CNC(=O)c1ccc2ccccc2c1)N1CCOCC1. The van der Waals surface area contributed by atoms with Gasteiger partial charge in [-0.2, -0.15) is 0 Å². The molecule has 1 aromatic heterocycles. The summed E-state index contributed by atoms with van der Waals surface area (Å²) in [6.45, 7) is 3.80. The molecule has 1 aliphatic heterocycles. The Bertz CT molecular complexity index is 928. The number of rotatable bonds is 5. The summed E-state index contributed by atoms with van der Waals surface area (Å²) < 4.78 is 7.62. The fraction of sp³-hybridized carbons (Fsp3) is 0.318. The molecule has 5 nitrogen and oxygen atoms in total. The first-order chi connectivity index (χ1) is 13.2. The maximum atomic E-state index is 12.8. The van der Waals surface area contributed by atoms with Crippen LogP contribution in [-0.4, -0.2) is 48.2 Å². The molecule has 2 heterocycles. The zero-order valence-electron chi connectivity index (χ0n) is 15.6. The molecule has 2 aromatic carbocycles. The van der Waals surface area contributed by atoms with Gasteiger partial charge in [-0.15, -0.1) is 0 Å². The van der Waals surface area contributed by atoms with Crippen LogP contribution in [0.1, 0.15) is 22.1 Å². The van der Waals surface area contributed by atoms with Crippen molar-refractivity contribution in [2.24, 2.45) is 7.05 Å². The van der Waals surface area contributed by atoms with Crippen LogP contribution in [0.4, 0.5) is 0 Å². The Morgan fingerprint density at radius 2 is 1.85 bits per heavy atom. The number of morpholine rings is 1. The van der Waals surface area contributed by atoms with Crippen molar-refractivity contribution in [2.45, 2.75) is 6.04 Å². The van der Waals surface area contributed by atoms with Crippen LogP contribution in [0.2, 0.25) is 0 Å². The van der Waals surface area contributed by atoms with Crippen molar-refractivity contribution in [1.29, 1.82) is 0 Å². The van der Waals surface area contributed by atoms with E-state index in [1.165, 1.54) is 5.69 Å². The van der Waals surface area contributed by atoms with E-state index in [0.717, 1.165) is 37.1 Å². The monoisotopic (exact) mass is 363 g/mol. The Morgan fingerprint density at radius 3 is 2.59 bits per heavy atom. The van der Waals surface area contributed by atoms with Gasteiger partial charge < -0.3 is 14.6 Å². The Morgan fingerprint density at radius 1 is 1.07 bits per heavy atom. The van der Waals surface area contributed by atoms with Gasteiger partial charge in [-0.1, -0.05) is 30.3 Å². The zero-order valence-corrected chi connectivity index (χ0v) is 15.6. The van der Waals surface area contributed by atoms with Gasteiger partial charge in [0.25, 0.3) is 5.91 Å². The van der Waals surface area contributed by atoms with Gasteiger partial charge in [0.1, 0.15) is 0 Å². The number of hydrogen-bond donors (Lipinski definition) is 1. The first kappa shape index (κ1) is 17.8. The maximum Gasteiger partial charge on any atom is 0.251 e. The minimum absolute atomic E-state index is 0.0341. The summed E-state index contributed by atoms with van der Waals surface area (Å²) in [5, 5.41) is 5.37. The molecule has 1 aliphatic rings. The summed E-state index contributed by atoms with van der Waals surface area (Å²) in [6, 6.07) is 18.3. The minimum atomic E-state index is -0.0341. The number of aromatic nitrogens is 1. The summed E-state index contributed by atoms with van der Waals surface area (Å²) in [5.74, 6) is -0.0341. The van der Waals surface area contributed by atoms with E-state index in [2.05, 4.69) is 26.9 Å². The van der Waals surface area contributed by atoms with Crippen molar-refractivity contribution in [1.82, 2.24) is 14.8 Å². The molecule has 3 aromatic rings. The summed E-state index contributed by atoms with van der Waals surface area (Å²) in [5.41, 5.74) is 1.90. The number of ether oxygens (including phenoxy) is 1. The molecular weight excluding hydrogens is 338 g/mol. The third-order valence-electron chi connectivity index (χ3n) is 5.28. The number of carbonyl (C=O) groups excluding carboxylic acids is 1. The highest BCUT2D eigenvalue weighted by molar-refractivity contribution is 5.98. The third kappa shape index (κ3) is 3.89. The number of fused-ring (bicyclic) bond motifs is 1. The molecule has 0 bridgehead atoms. The fourth-order valence-corrected chi connectivity index (χ4v) is 3.75. The van der Waals surface area contributed by atoms with Crippen LogP contribution in [0.5, 0.6) is 0 Å². The highest BCUT2D eigenvalue weighted by Gasteiger charge is 2.25. The van der Waals surface area contributed by atoms with Crippen LogP contribution in [-0.2, 0) is 11.8 Å². The standard InChI is InChI=1S/C22H25N3O2/c1-24-10-4-7-20(24)21(25-11-13-27-14-12-25)16-23-22(26)19-9-8-17-5-2-3-6-18(17)15-19/h2-10,15,21H,11-14,16H2,1H3,(H,23,26). The Hall–Kier alpha value is -2.63. The second-order valence-electron chi connectivity index (χ2n) is 6.98. The highest BCUT2D eigenvalue weighted by Crippen LogP contribution is 2.22. The van der Waals surface area contributed by atoms with Crippen LogP contribution >= 0.6 is 0 Å². The Kier molecular flexibility index (Phi) is 5.23. The molecular formula is C22H25N3O2. The molecule has 1 unspecified atom stereocenters.